The molecule has 3 aromatic rings. The van der Waals surface area contributed by atoms with Crippen LogP contribution in [0.4, 0.5) is 5.00 Å². The largest absolute Gasteiger partial charge is 0.462 e. The Kier molecular flexibility index (Phi) is 5.47. The molecule has 0 radical (unpaired) electrons. The molecule has 0 unspecified atom stereocenters. The van der Waals surface area contributed by atoms with Crippen molar-refractivity contribution in [3.63, 3.8) is 0 Å². The van der Waals surface area contributed by atoms with Gasteiger partial charge in [-0.15, -0.1) is 11.3 Å². The number of carbonyl (C=O) groups is 1. The van der Waals surface area contributed by atoms with Crippen LogP contribution in [0.1, 0.15) is 46.1 Å². The lowest BCUT2D eigenvalue weighted by Crippen LogP contribution is -2.19. The number of nitrogens with one attached hydrogen (secondary N) is 1. The van der Waals surface area contributed by atoms with Crippen LogP contribution < -0.4 is 10.4 Å². The Morgan fingerprint density at radius 1 is 1.16 bits per heavy atom. The van der Waals surface area contributed by atoms with Crippen LogP contribution in [0.15, 0.2) is 21.8 Å². The van der Waals surface area contributed by atoms with Gasteiger partial charge in [-0.3, -0.25) is 13.9 Å². The lowest BCUT2D eigenvalue weighted by atomic mass is 9.95. The molecule has 2 aromatic heterocycles. The van der Waals surface area contributed by atoms with Crippen LogP contribution in [0.5, 0.6) is 0 Å². The summed E-state index contributed by atoms with van der Waals surface area (Å²) in [5.41, 5.74) is 2.69. The van der Waals surface area contributed by atoms with Crippen LogP contribution in [0.2, 0.25) is 0 Å². The van der Waals surface area contributed by atoms with Gasteiger partial charge in [0.25, 0.3) is 10.0 Å². The molecule has 0 atom stereocenters. The van der Waals surface area contributed by atoms with E-state index in [4.69, 9.17) is 4.74 Å². The monoisotopic (exact) mass is 463 g/mol. The van der Waals surface area contributed by atoms with Crippen molar-refractivity contribution in [3.8, 4) is 0 Å². The standard InChI is InChI=1S/C21H25N3O5S2/c1-5-29-20(25)18-13-8-6-7-9-16(13)30-19(18)22-31(27,28)17-11-15-14(10-12(17)2)23(3)21(26)24(15)4/h10-11,22H,5-9H2,1-4H3. The Morgan fingerprint density at radius 3 is 2.48 bits per heavy atom. The van der Waals surface area contributed by atoms with Gasteiger partial charge in [-0.2, -0.15) is 0 Å². The number of hydrogen-bond acceptors (Lipinski definition) is 6. The number of carbonyl (C=O) groups excluding carboxylic acids is 1. The summed E-state index contributed by atoms with van der Waals surface area (Å²) in [6.45, 7) is 3.63. The third-order valence-electron chi connectivity index (χ3n) is 5.74. The van der Waals surface area contributed by atoms with Gasteiger partial charge in [-0.05, 0) is 62.8 Å². The second-order valence-corrected chi connectivity index (χ2v) is 10.5. The highest BCUT2D eigenvalue weighted by atomic mass is 32.2. The Balaban J connectivity index is 1.82. The first-order chi connectivity index (χ1) is 14.7. The fourth-order valence-electron chi connectivity index (χ4n) is 4.15. The topological polar surface area (TPSA) is 99.4 Å². The lowest BCUT2D eigenvalue weighted by molar-refractivity contribution is 0.0526. The lowest BCUT2D eigenvalue weighted by Gasteiger charge is -2.13. The zero-order chi connectivity index (χ0) is 22.5. The van der Waals surface area contributed by atoms with Crippen molar-refractivity contribution < 1.29 is 17.9 Å². The minimum atomic E-state index is -4.00. The third kappa shape index (κ3) is 3.57. The SMILES string of the molecule is CCOC(=O)c1c(NS(=O)(=O)c2cc3c(cc2C)n(C)c(=O)n3C)sc2c1CCCC2. The van der Waals surface area contributed by atoms with Crippen LogP contribution in [-0.4, -0.2) is 30.1 Å². The van der Waals surface area contributed by atoms with Crippen molar-refractivity contribution >= 4 is 43.4 Å². The molecule has 0 fully saturated rings. The number of benzene rings is 1. The summed E-state index contributed by atoms with van der Waals surface area (Å²) in [4.78, 5) is 26.0. The minimum absolute atomic E-state index is 0.0716. The molecule has 1 N–H and O–H groups in total. The predicted octanol–water partition coefficient (Wildman–Crippen LogP) is 3.10. The Morgan fingerprint density at radius 2 is 1.81 bits per heavy atom. The van der Waals surface area contributed by atoms with Gasteiger partial charge in [0.05, 0.1) is 28.1 Å². The van der Waals surface area contributed by atoms with E-state index in [9.17, 15) is 18.0 Å². The first kappa shape index (κ1) is 21.6. The molecular formula is C21H25N3O5S2. The van der Waals surface area contributed by atoms with Crippen molar-refractivity contribution in [3.05, 3.63) is 44.2 Å². The molecule has 166 valence electrons. The van der Waals surface area contributed by atoms with Gasteiger partial charge in [0, 0.05) is 19.0 Å². The third-order valence-corrected chi connectivity index (χ3v) is 8.56. The molecule has 4 rings (SSSR count). The van der Waals surface area contributed by atoms with Crippen LogP contribution in [0.3, 0.4) is 0 Å². The first-order valence-corrected chi connectivity index (χ1v) is 12.5. The summed E-state index contributed by atoms with van der Waals surface area (Å²) in [6.07, 6.45) is 3.53. The zero-order valence-corrected chi connectivity index (χ0v) is 19.6. The van der Waals surface area contributed by atoms with Gasteiger partial charge in [-0.25, -0.2) is 18.0 Å². The van der Waals surface area contributed by atoms with E-state index in [0.717, 1.165) is 36.1 Å². The maximum atomic E-state index is 13.4. The van der Waals surface area contributed by atoms with Gasteiger partial charge in [-0.1, -0.05) is 0 Å². The Hall–Kier alpha value is -2.59. The van der Waals surface area contributed by atoms with Gasteiger partial charge >= 0.3 is 11.7 Å². The minimum Gasteiger partial charge on any atom is -0.462 e. The van der Waals surface area contributed by atoms with Gasteiger partial charge in [0.2, 0.25) is 0 Å². The molecule has 1 aliphatic rings. The van der Waals surface area contributed by atoms with Crippen LogP contribution >= 0.6 is 11.3 Å². The molecule has 2 heterocycles. The molecule has 1 aliphatic carbocycles. The maximum Gasteiger partial charge on any atom is 0.341 e. The normalized spacial score (nSPS) is 13.9. The highest BCUT2D eigenvalue weighted by Crippen LogP contribution is 2.40. The summed E-state index contributed by atoms with van der Waals surface area (Å²) >= 11 is 1.31. The van der Waals surface area contributed by atoms with E-state index in [1.165, 1.54) is 26.5 Å². The van der Waals surface area contributed by atoms with E-state index in [1.807, 2.05) is 0 Å². The number of thiophene rings is 1. The molecule has 0 spiro atoms. The highest BCUT2D eigenvalue weighted by molar-refractivity contribution is 7.93. The van der Waals surface area contributed by atoms with E-state index in [0.29, 0.717) is 27.2 Å². The summed E-state index contributed by atoms with van der Waals surface area (Å²) in [7, 11) is -0.740. The van der Waals surface area contributed by atoms with Gasteiger partial charge in [0.1, 0.15) is 5.00 Å². The van der Waals surface area contributed by atoms with Gasteiger partial charge in [0.15, 0.2) is 0 Å². The van der Waals surface area contributed by atoms with Crippen molar-refractivity contribution in [2.75, 3.05) is 11.3 Å². The number of hydrogen-bond donors (Lipinski definition) is 1. The van der Waals surface area contributed by atoms with E-state index in [1.54, 1.807) is 34.0 Å². The molecule has 0 bridgehead atoms. The van der Waals surface area contributed by atoms with Gasteiger partial charge < -0.3 is 4.74 Å². The number of anilines is 1. The maximum absolute atomic E-state index is 13.4. The molecule has 0 saturated carbocycles. The summed E-state index contributed by atoms with van der Waals surface area (Å²) in [6, 6.07) is 3.20. The fourth-order valence-corrected chi connectivity index (χ4v) is 6.98. The van der Waals surface area contributed by atoms with Crippen molar-refractivity contribution in [1.29, 1.82) is 0 Å². The van der Waals surface area contributed by atoms with Crippen molar-refractivity contribution in [2.45, 2.75) is 44.4 Å². The van der Waals surface area contributed by atoms with E-state index in [-0.39, 0.29) is 17.2 Å². The number of ether oxygens (including phenoxy) is 1. The Labute approximate surface area is 184 Å². The summed E-state index contributed by atoms with van der Waals surface area (Å²) < 4.78 is 37.5. The average molecular weight is 464 g/mol. The molecule has 31 heavy (non-hydrogen) atoms. The number of aromatic nitrogens is 2. The van der Waals surface area contributed by atoms with Crippen LogP contribution in [0, 0.1) is 6.92 Å². The number of aryl methyl sites for hydroxylation is 4. The van der Waals surface area contributed by atoms with Crippen LogP contribution in [0.25, 0.3) is 11.0 Å². The predicted molar refractivity (Wildman–Crippen MR) is 121 cm³/mol. The zero-order valence-electron chi connectivity index (χ0n) is 17.9. The second kappa shape index (κ2) is 7.83. The Bertz CT molecular complexity index is 1360. The highest BCUT2D eigenvalue weighted by Gasteiger charge is 2.30. The number of sulfonamides is 1. The number of imidazole rings is 1. The molecule has 0 amide bonds. The molecule has 0 saturated heterocycles. The smallest absolute Gasteiger partial charge is 0.341 e. The first-order valence-electron chi connectivity index (χ1n) is 10.2. The van der Waals surface area contributed by atoms with E-state index >= 15 is 0 Å². The average Bonchev–Trinajstić information content (AvgIpc) is 3.17. The molecule has 8 nitrogen and oxygen atoms in total. The molecule has 10 heteroatoms. The summed E-state index contributed by atoms with van der Waals surface area (Å²) in [5.74, 6) is -0.503. The van der Waals surface area contributed by atoms with E-state index in [2.05, 4.69) is 4.72 Å². The second-order valence-electron chi connectivity index (χ2n) is 7.75. The van der Waals surface area contributed by atoms with Crippen molar-refractivity contribution in [1.82, 2.24) is 9.13 Å². The van der Waals surface area contributed by atoms with Crippen LogP contribution in [-0.2, 0) is 41.7 Å². The number of rotatable bonds is 5. The summed E-state index contributed by atoms with van der Waals surface area (Å²) in [5, 5.41) is 0.298. The molecular weight excluding hydrogens is 438 g/mol. The molecule has 0 aliphatic heterocycles. The quantitative estimate of drug-likeness (QED) is 0.586. The van der Waals surface area contributed by atoms with Crippen molar-refractivity contribution in [2.24, 2.45) is 14.1 Å². The molecule has 1 aromatic carbocycles. The number of esters is 1. The van der Waals surface area contributed by atoms with E-state index < -0.39 is 16.0 Å². The fraction of sp³-hybridized carbons (Fsp3) is 0.429. The number of nitrogens with zero attached hydrogens (tertiary/aromatic N) is 2. The number of fused-ring (bicyclic) bond motifs is 2.